The zero-order valence-electron chi connectivity index (χ0n) is 15.9. The van der Waals surface area contributed by atoms with Gasteiger partial charge in [-0.1, -0.05) is 0 Å². The maximum Gasteiger partial charge on any atom is 0.338 e. The second-order valence-electron chi connectivity index (χ2n) is 6.71. The number of carbonyl (C=O) groups is 6. The third-order valence-electron chi connectivity index (χ3n) is 4.70. The monoisotopic (exact) mass is 422 g/mol. The molecule has 2 aromatic rings. The Morgan fingerprint density at radius 1 is 0.613 bits per heavy atom. The zero-order valence-corrected chi connectivity index (χ0v) is 15.9. The van der Waals surface area contributed by atoms with Crippen LogP contribution in [-0.2, 0) is 9.47 Å². The fraction of sp³-hybridized carbons (Fsp3) is 0.143. The van der Waals surface area contributed by atoms with Gasteiger partial charge >= 0.3 is 11.9 Å². The highest BCUT2D eigenvalue weighted by Gasteiger charge is 2.28. The van der Waals surface area contributed by atoms with Crippen molar-refractivity contribution in [1.29, 1.82) is 0 Å². The Labute approximate surface area is 174 Å². The van der Waals surface area contributed by atoms with Gasteiger partial charge in [0.2, 0.25) is 0 Å². The molecule has 0 spiro atoms. The molecule has 0 aromatic heterocycles. The Morgan fingerprint density at radius 2 is 1.00 bits per heavy atom. The van der Waals surface area contributed by atoms with Crippen LogP contribution in [0.15, 0.2) is 36.4 Å². The van der Waals surface area contributed by atoms with E-state index in [-0.39, 0.29) is 53.0 Å². The fourth-order valence-electron chi connectivity index (χ4n) is 3.15. The maximum atomic E-state index is 12.1. The fourth-order valence-corrected chi connectivity index (χ4v) is 3.15. The van der Waals surface area contributed by atoms with E-state index in [0.717, 1.165) is 0 Å². The summed E-state index contributed by atoms with van der Waals surface area (Å²) in [6, 6.07) is 8.08. The summed E-state index contributed by atoms with van der Waals surface area (Å²) >= 11 is 0. The van der Waals surface area contributed by atoms with Gasteiger partial charge in [-0.2, -0.15) is 0 Å². The molecular weight excluding hydrogens is 408 g/mol. The third kappa shape index (κ3) is 3.78. The van der Waals surface area contributed by atoms with Crippen LogP contribution in [0.4, 0.5) is 0 Å². The number of imide groups is 2. The first-order valence-corrected chi connectivity index (χ1v) is 9.19. The molecule has 0 aliphatic carbocycles. The smallest absolute Gasteiger partial charge is 0.338 e. The summed E-state index contributed by atoms with van der Waals surface area (Å²) in [6.45, 7) is -0.0924. The van der Waals surface area contributed by atoms with E-state index in [0.29, 0.717) is 0 Å². The van der Waals surface area contributed by atoms with E-state index in [1.54, 1.807) is 0 Å². The van der Waals surface area contributed by atoms with Crippen LogP contribution in [0.1, 0.15) is 68.6 Å². The summed E-state index contributed by atoms with van der Waals surface area (Å²) in [6.07, 6.45) is 0.214. The van der Waals surface area contributed by atoms with Gasteiger partial charge in [-0.3, -0.25) is 29.8 Å². The number of hydrogen-bond donors (Lipinski definition) is 2. The van der Waals surface area contributed by atoms with Crippen molar-refractivity contribution in [3.05, 3.63) is 69.8 Å². The maximum absolute atomic E-state index is 12.1. The van der Waals surface area contributed by atoms with Crippen LogP contribution < -0.4 is 10.6 Å². The van der Waals surface area contributed by atoms with Crippen LogP contribution in [0.25, 0.3) is 0 Å². The molecule has 0 atom stereocenters. The van der Waals surface area contributed by atoms with Crippen LogP contribution >= 0.6 is 0 Å². The summed E-state index contributed by atoms with van der Waals surface area (Å²) < 4.78 is 10.2. The van der Waals surface area contributed by atoms with Crippen molar-refractivity contribution >= 4 is 35.6 Å². The molecule has 2 aromatic carbocycles. The molecule has 0 fully saturated rings. The molecule has 0 unspecified atom stereocenters. The van der Waals surface area contributed by atoms with Crippen molar-refractivity contribution in [1.82, 2.24) is 10.6 Å². The summed E-state index contributed by atoms with van der Waals surface area (Å²) in [4.78, 5) is 70.6. The minimum atomic E-state index is -0.685. The molecule has 0 saturated carbocycles. The van der Waals surface area contributed by atoms with E-state index in [1.165, 1.54) is 36.4 Å². The van der Waals surface area contributed by atoms with Crippen molar-refractivity contribution in [2.24, 2.45) is 0 Å². The summed E-state index contributed by atoms with van der Waals surface area (Å²) in [5.74, 6) is -3.55. The lowest BCUT2D eigenvalue weighted by molar-refractivity contribution is 0.0395. The lowest BCUT2D eigenvalue weighted by atomic mass is 10.1. The van der Waals surface area contributed by atoms with E-state index in [9.17, 15) is 28.8 Å². The molecule has 31 heavy (non-hydrogen) atoms. The van der Waals surface area contributed by atoms with Gasteiger partial charge in [-0.25, -0.2) is 9.59 Å². The second kappa shape index (κ2) is 7.82. The molecule has 2 N–H and O–H groups in total. The molecule has 156 valence electrons. The third-order valence-corrected chi connectivity index (χ3v) is 4.70. The van der Waals surface area contributed by atoms with Crippen molar-refractivity contribution in [2.45, 2.75) is 6.42 Å². The first-order valence-electron chi connectivity index (χ1n) is 9.19. The summed E-state index contributed by atoms with van der Waals surface area (Å²) in [7, 11) is 0. The Bertz CT molecular complexity index is 1090. The summed E-state index contributed by atoms with van der Waals surface area (Å²) in [5, 5.41) is 4.27. The molecule has 0 radical (unpaired) electrons. The summed E-state index contributed by atoms with van der Waals surface area (Å²) in [5.41, 5.74) is 0.845. The van der Waals surface area contributed by atoms with Gasteiger partial charge in [0.25, 0.3) is 23.6 Å². The number of carbonyl (C=O) groups excluding carboxylic acids is 6. The Kier molecular flexibility index (Phi) is 5.04. The highest BCUT2D eigenvalue weighted by Crippen LogP contribution is 2.19. The lowest BCUT2D eigenvalue weighted by Crippen LogP contribution is -2.19. The average Bonchev–Trinajstić information content (AvgIpc) is 3.21. The molecule has 2 heterocycles. The predicted molar refractivity (Wildman–Crippen MR) is 102 cm³/mol. The first-order chi connectivity index (χ1) is 14.8. The lowest BCUT2D eigenvalue weighted by Gasteiger charge is -2.07. The number of amides is 4. The minimum absolute atomic E-state index is 0.0462. The topological polar surface area (TPSA) is 145 Å². The van der Waals surface area contributed by atoms with Gasteiger partial charge in [0.1, 0.15) is 0 Å². The molecular formula is C21H14N2O8. The number of esters is 2. The molecule has 0 bridgehead atoms. The SMILES string of the molecule is O=C(OCCCOC(=O)c1ccc2c(c1)C(=O)NC2=O)c1ccc2c(c1)C(=O)NC2=O. The molecule has 10 heteroatoms. The van der Waals surface area contributed by atoms with Crippen molar-refractivity contribution in [2.75, 3.05) is 13.2 Å². The predicted octanol–water partition coefficient (Wildman–Crippen LogP) is 0.858. The van der Waals surface area contributed by atoms with E-state index < -0.39 is 35.6 Å². The van der Waals surface area contributed by atoms with Crippen LogP contribution in [0.3, 0.4) is 0 Å². The Morgan fingerprint density at radius 3 is 1.42 bits per heavy atom. The number of benzene rings is 2. The second-order valence-corrected chi connectivity index (χ2v) is 6.71. The van der Waals surface area contributed by atoms with Crippen molar-refractivity contribution < 1.29 is 38.2 Å². The Balaban J connectivity index is 1.25. The largest absolute Gasteiger partial charge is 0.462 e. The van der Waals surface area contributed by atoms with E-state index in [4.69, 9.17) is 9.47 Å². The average molecular weight is 422 g/mol. The van der Waals surface area contributed by atoms with Crippen LogP contribution in [-0.4, -0.2) is 48.8 Å². The quantitative estimate of drug-likeness (QED) is 0.396. The van der Waals surface area contributed by atoms with Gasteiger partial charge in [0.05, 0.1) is 46.6 Å². The van der Waals surface area contributed by atoms with Gasteiger partial charge in [0.15, 0.2) is 0 Å². The standard InChI is InChI=1S/C21H14N2O8/c24-16-12-4-2-10(8-14(12)18(26)22-16)20(28)30-6-1-7-31-21(29)11-3-5-13-15(9-11)19(27)23-17(13)25/h2-5,8-9H,1,6-7H2,(H,22,24,26)(H,23,25,27). The van der Waals surface area contributed by atoms with Crippen molar-refractivity contribution in [3.63, 3.8) is 0 Å². The van der Waals surface area contributed by atoms with Crippen LogP contribution in [0, 0.1) is 0 Å². The highest BCUT2D eigenvalue weighted by atomic mass is 16.5. The number of rotatable bonds is 6. The molecule has 2 aliphatic rings. The number of ether oxygens (including phenoxy) is 2. The normalized spacial score (nSPS) is 13.9. The molecule has 0 saturated heterocycles. The number of hydrogen-bond acceptors (Lipinski definition) is 8. The van der Waals surface area contributed by atoms with Gasteiger partial charge < -0.3 is 9.47 Å². The zero-order chi connectivity index (χ0) is 22.1. The molecule has 4 rings (SSSR count). The van der Waals surface area contributed by atoms with Gasteiger partial charge in [0, 0.05) is 6.42 Å². The minimum Gasteiger partial charge on any atom is -0.462 e. The molecule has 2 aliphatic heterocycles. The van der Waals surface area contributed by atoms with Crippen molar-refractivity contribution in [3.8, 4) is 0 Å². The number of fused-ring (bicyclic) bond motifs is 2. The Hall–Kier alpha value is -4.34. The highest BCUT2D eigenvalue weighted by molar-refractivity contribution is 6.22. The molecule has 10 nitrogen and oxygen atoms in total. The molecule has 4 amide bonds. The van der Waals surface area contributed by atoms with Crippen LogP contribution in [0.5, 0.6) is 0 Å². The van der Waals surface area contributed by atoms with E-state index >= 15 is 0 Å². The van der Waals surface area contributed by atoms with Gasteiger partial charge in [-0.15, -0.1) is 0 Å². The van der Waals surface area contributed by atoms with E-state index in [1.807, 2.05) is 0 Å². The number of nitrogens with one attached hydrogen (secondary N) is 2. The van der Waals surface area contributed by atoms with Gasteiger partial charge in [-0.05, 0) is 36.4 Å². The first kappa shape index (κ1) is 20.0. The van der Waals surface area contributed by atoms with E-state index in [2.05, 4.69) is 10.6 Å². The van der Waals surface area contributed by atoms with Crippen LogP contribution in [0.2, 0.25) is 0 Å².